The van der Waals surface area contributed by atoms with Crippen molar-refractivity contribution in [3.63, 3.8) is 0 Å². The SMILES string of the molecule is CCOc1ccc(C(=O)OCC(=O)N(C)Cc2nc3ccccc3s2)cc1. The first-order chi connectivity index (χ1) is 13.1. The Labute approximate surface area is 161 Å². The molecular weight excluding hydrogens is 364 g/mol. The number of fused-ring (bicyclic) bond motifs is 1. The zero-order valence-electron chi connectivity index (χ0n) is 15.2. The van der Waals surface area contributed by atoms with E-state index in [0.29, 0.717) is 24.5 Å². The zero-order valence-corrected chi connectivity index (χ0v) is 16.0. The monoisotopic (exact) mass is 384 g/mol. The lowest BCUT2D eigenvalue weighted by Crippen LogP contribution is -2.30. The van der Waals surface area contributed by atoms with Crippen LogP contribution in [0, 0.1) is 0 Å². The smallest absolute Gasteiger partial charge is 0.338 e. The molecule has 0 spiro atoms. The summed E-state index contributed by atoms with van der Waals surface area (Å²) in [6, 6.07) is 14.4. The van der Waals surface area contributed by atoms with E-state index in [9.17, 15) is 9.59 Å². The molecule has 0 N–H and O–H groups in total. The molecular formula is C20H20N2O4S. The normalized spacial score (nSPS) is 10.6. The summed E-state index contributed by atoms with van der Waals surface area (Å²) >= 11 is 1.54. The van der Waals surface area contributed by atoms with Crippen LogP contribution in [0.15, 0.2) is 48.5 Å². The van der Waals surface area contributed by atoms with Gasteiger partial charge in [0.15, 0.2) is 6.61 Å². The summed E-state index contributed by atoms with van der Waals surface area (Å²) < 4.78 is 11.5. The van der Waals surface area contributed by atoms with Crippen LogP contribution in [0.25, 0.3) is 10.2 Å². The van der Waals surface area contributed by atoms with Crippen LogP contribution in [0.3, 0.4) is 0 Å². The molecule has 7 heteroatoms. The summed E-state index contributed by atoms with van der Waals surface area (Å²) in [5, 5.41) is 0.838. The van der Waals surface area contributed by atoms with Crippen molar-refractivity contribution in [2.45, 2.75) is 13.5 Å². The van der Waals surface area contributed by atoms with Gasteiger partial charge in [-0.2, -0.15) is 0 Å². The molecule has 3 aromatic rings. The Balaban J connectivity index is 1.52. The quantitative estimate of drug-likeness (QED) is 0.583. The summed E-state index contributed by atoms with van der Waals surface area (Å²) in [6.45, 7) is 2.50. The van der Waals surface area contributed by atoms with Gasteiger partial charge in [0.25, 0.3) is 5.91 Å². The average molecular weight is 384 g/mol. The van der Waals surface area contributed by atoms with Gasteiger partial charge in [0, 0.05) is 7.05 Å². The number of esters is 1. The predicted molar refractivity (Wildman–Crippen MR) is 104 cm³/mol. The van der Waals surface area contributed by atoms with Crippen molar-refractivity contribution >= 4 is 33.4 Å². The number of ether oxygens (including phenoxy) is 2. The van der Waals surface area contributed by atoms with E-state index in [4.69, 9.17) is 9.47 Å². The van der Waals surface area contributed by atoms with E-state index in [1.807, 2.05) is 31.2 Å². The van der Waals surface area contributed by atoms with Crippen molar-refractivity contribution in [1.29, 1.82) is 0 Å². The van der Waals surface area contributed by atoms with Gasteiger partial charge in [0.1, 0.15) is 10.8 Å². The second-order valence-electron chi connectivity index (χ2n) is 5.86. The fourth-order valence-electron chi connectivity index (χ4n) is 2.45. The van der Waals surface area contributed by atoms with Gasteiger partial charge >= 0.3 is 5.97 Å². The van der Waals surface area contributed by atoms with Gasteiger partial charge in [-0.25, -0.2) is 9.78 Å². The number of hydrogen-bond acceptors (Lipinski definition) is 6. The van der Waals surface area contributed by atoms with Crippen molar-refractivity contribution in [1.82, 2.24) is 9.88 Å². The van der Waals surface area contributed by atoms with Crippen molar-refractivity contribution in [2.75, 3.05) is 20.3 Å². The lowest BCUT2D eigenvalue weighted by molar-refractivity contribution is -0.133. The summed E-state index contributed by atoms with van der Waals surface area (Å²) in [7, 11) is 1.67. The van der Waals surface area contributed by atoms with Crippen molar-refractivity contribution < 1.29 is 19.1 Å². The van der Waals surface area contributed by atoms with Crippen LogP contribution in [-0.2, 0) is 16.1 Å². The average Bonchev–Trinajstić information content (AvgIpc) is 3.08. The van der Waals surface area contributed by atoms with E-state index in [1.54, 1.807) is 42.6 Å². The lowest BCUT2D eigenvalue weighted by Gasteiger charge is -2.15. The molecule has 1 aromatic heterocycles. The van der Waals surface area contributed by atoms with Crippen molar-refractivity contribution in [3.05, 3.63) is 59.1 Å². The predicted octanol–water partition coefficient (Wildman–Crippen LogP) is 3.51. The number of amides is 1. The number of aromatic nitrogens is 1. The Kier molecular flexibility index (Phi) is 6.03. The number of nitrogens with zero attached hydrogens (tertiary/aromatic N) is 2. The summed E-state index contributed by atoms with van der Waals surface area (Å²) in [6.07, 6.45) is 0. The molecule has 0 saturated heterocycles. The zero-order chi connectivity index (χ0) is 19.2. The number of carbonyl (C=O) groups is 2. The molecule has 0 aliphatic rings. The molecule has 140 valence electrons. The maximum atomic E-state index is 12.2. The molecule has 0 unspecified atom stereocenters. The van der Waals surface area contributed by atoms with Gasteiger partial charge in [-0.1, -0.05) is 12.1 Å². The molecule has 1 amide bonds. The van der Waals surface area contributed by atoms with E-state index in [0.717, 1.165) is 15.2 Å². The number of benzene rings is 2. The van der Waals surface area contributed by atoms with E-state index in [2.05, 4.69) is 4.98 Å². The van der Waals surface area contributed by atoms with Crippen LogP contribution in [0.2, 0.25) is 0 Å². The number of thiazole rings is 1. The molecule has 1 heterocycles. The highest BCUT2D eigenvalue weighted by Crippen LogP contribution is 2.22. The fourth-order valence-corrected chi connectivity index (χ4v) is 3.47. The second kappa shape index (κ2) is 8.64. The van der Waals surface area contributed by atoms with Gasteiger partial charge < -0.3 is 14.4 Å². The number of carbonyl (C=O) groups excluding carboxylic acids is 2. The minimum atomic E-state index is -0.542. The van der Waals surface area contributed by atoms with Crippen LogP contribution in [0.5, 0.6) is 5.75 Å². The Hall–Kier alpha value is -2.93. The summed E-state index contributed by atoms with van der Waals surface area (Å²) in [5.41, 5.74) is 1.29. The van der Waals surface area contributed by atoms with Crippen LogP contribution < -0.4 is 4.74 Å². The third-order valence-corrected chi connectivity index (χ3v) is 4.89. The highest BCUT2D eigenvalue weighted by atomic mass is 32.1. The molecule has 0 atom stereocenters. The Morgan fingerprint density at radius 2 is 1.85 bits per heavy atom. The van der Waals surface area contributed by atoms with Gasteiger partial charge in [-0.15, -0.1) is 11.3 Å². The number of rotatable bonds is 7. The Morgan fingerprint density at radius 1 is 1.11 bits per heavy atom. The van der Waals surface area contributed by atoms with E-state index < -0.39 is 5.97 Å². The van der Waals surface area contributed by atoms with Crippen LogP contribution >= 0.6 is 11.3 Å². The van der Waals surface area contributed by atoms with E-state index in [1.165, 1.54) is 4.90 Å². The Bertz CT molecular complexity index is 904. The van der Waals surface area contributed by atoms with Crippen molar-refractivity contribution in [2.24, 2.45) is 0 Å². The summed E-state index contributed by atoms with van der Waals surface area (Å²) in [5.74, 6) is -0.144. The standard InChI is InChI=1S/C20H20N2O4S/c1-3-25-15-10-8-14(9-11-15)20(24)26-13-19(23)22(2)12-18-21-16-6-4-5-7-17(16)27-18/h4-11H,3,12-13H2,1-2H3. The number of hydrogen-bond donors (Lipinski definition) is 0. The van der Waals surface area contributed by atoms with Crippen molar-refractivity contribution in [3.8, 4) is 5.75 Å². The second-order valence-corrected chi connectivity index (χ2v) is 6.97. The molecule has 0 fully saturated rings. The highest BCUT2D eigenvalue weighted by Gasteiger charge is 2.15. The maximum absolute atomic E-state index is 12.2. The molecule has 0 bridgehead atoms. The van der Waals surface area contributed by atoms with Crippen LogP contribution in [-0.4, -0.2) is 42.0 Å². The largest absolute Gasteiger partial charge is 0.494 e. The van der Waals surface area contributed by atoms with E-state index in [-0.39, 0.29) is 12.5 Å². The topological polar surface area (TPSA) is 68.7 Å². The van der Waals surface area contributed by atoms with Gasteiger partial charge in [0.05, 0.1) is 28.9 Å². The Morgan fingerprint density at radius 3 is 2.56 bits per heavy atom. The highest BCUT2D eigenvalue weighted by molar-refractivity contribution is 7.18. The molecule has 2 aromatic carbocycles. The number of para-hydroxylation sites is 1. The molecule has 0 saturated carbocycles. The molecule has 0 aliphatic heterocycles. The first kappa shape index (κ1) is 18.8. The minimum absolute atomic E-state index is 0.284. The third kappa shape index (κ3) is 4.83. The molecule has 27 heavy (non-hydrogen) atoms. The fraction of sp³-hybridized carbons (Fsp3) is 0.250. The number of likely N-dealkylation sites (N-methyl/N-ethyl adjacent to an activating group) is 1. The van der Waals surface area contributed by atoms with Gasteiger partial charge in [-0.05, 0) is 43.3 Å². The minimum Gasteiger partial charge on any atom is -0.494 e. The summed E-state index contributed by atoms with van der Waals surface area (Å²) in [4.78, 5) is 30.3. The molecule has 0 aliphatic carbocycles. The van der Waals surface area contributed by atoms with Gasteiger partial charge in [-0.3, -0.25) is 4.79 Å². The first-order valence-corrected chi connectivity index (χ1v) is 9.37. The maximum Gasteiger partial charge on any atom is 0.338 e. The first-order valence-electron chi connectivity index (χ1n) is 8.55. The van der Waals surface area contributed by atoms with Crippen LogP contribution in [0.4, 0.5) is 0 Å². The lowest BCUT2D eigenvalue weighted by atomic mass is 10.2. The van der Waals surface area contributed by atoms with Gasteiger partial charge in [0.2, 0.25) is 0 Å². The molecule has 0 radical (unpaired) electrons. The van der Waals surface area contributed by atoms with Crippen LogP contribution in [0.1, 0.15) is 22.3 Å². The van der Waals surface area contributed by atoms with E-state index >= 15 is 0 Å². The molecule has 3 rings (SSSR count). The molecule has 6 nitrogen and oxygen atoms in total. The third-order valence-electron chi connectivity index (χ3n) is 3.86.